The minimum atomic E-state index is -0.857. The van der Waals surface area contributed by atoms with E-state index in [-0.39, 0.29) is 18.3 Å². The van der Waals surface area contributed by atoms with Gasteiger partial charge in [-0.15, -0.1) is 0 Å². The van der Waals surface area contributed by atoms with Crippen molar-refractivity contribution in [1.82, 2.24) is 5.32 Å². The summed E-state index contributed by atoms with van der Waals surface area (Å²) in [5.74, 6) is -1.67. The number of anilines is 1. The standard InChI is InChI=1S/C15H15N3O5S/c1-23-13(10-6-7-24-9-10)8-16-14(19)15(20)17-11-2-4-12(5-3-11)18(21)22/h2-7,9,13H,8H2,1H3,(H,16,19)(H,17,20). The Morgan fingerprint density at radius 3 is 2.50 bits per heavy atom. The molecule has 0 saturated carbocycles. The van der Waals surface area contributed by atoms with Gasteiger partial charge in [-0.1, -0.05) is 0 Å². The van der Waals surface area contributed by atoms with Crippen LogP contribution >= 0.6 is 11.3 Å². The van der Waals surface area contributed by atoms with Gasteiger partial charge in [0.05, 0.1) is 4.92 Å². The Hall–Kier alpha value is -2.78. The zero-order valence-electron chi connectivity index (χ0n) is 12.7. The van der Waals surface area contributed by atoms with Crippen LogP contribution in [0.15, 0.2) is 41.1 Å². The van der Waals surface area contributed by atoms with Crippen molar-refractivity contribution in [3.63, 3.8) is 0 Å². The number of carbonyl (C=O) groups is 2. The number of nitro groups is 1. The molecule has 1 aromatic heterocycles. The predicted molar refractivity (Wildman–Crippen MR) is 88.8 cm³/mol. The number of nitrogens with one attached hydrogen (secondary N) is 2. The quantitative estimate of drug-likeness (QED) is 0.471. The van der Waals surface area contributed by atoms with Crippen LogP contribution in [0, 0.1) is 10.1 Å². The van der Waals surface area contributed by atoms with Gasteiger partial charge in [0.1, 0.15) is 6.10 Å². The Kier molecular flexibility index (Phi) is 5.99. The highest BCUT2D eigenvalue weighted by atomic mass is 32.1. The highest BCUT2D eigenvalue weighted by Gasteiger charge is 2.17. The molecule has 2 rings (SSSR count). The number of ether oxygens (including phenoxy) is 1. The molecular formula is C15H15N3O5S. The van der Waals surface area contributed by atoms with E-state index in [4.69, 9.17) is 4.74 Å². The van der Waals surface area contributed by atoms with E-state index < -0.39 is 16.7 Å². The first-order chi connectivity index (χ1) is 11.5. The molecule has 0 fully saturated rings. The first-order valence-electron chi connectivity index (χ1n) is 6.89. The van der Waals surface area contributed by atoms with Crippen molar-refractivity contribution in [2.24, 2.45) is 0 Å². The number of hydrogen-bond acceptors (Lipinski definition) is 6. The highest BCUT2D eigenvalue weighted by molar-refractivity contribution is 7.07. The van der Waals surface area contributed by atoms with Crippen molar-refractivity contribution in [2.45, 2.75) is 6.10 Å². The maximum atomic E-state index is 11.8. The molecule has 1 aromatic carbocycles. The van der Waals surface area contributed by atoms with Crippen LogP contribution in [0.5, 0.6) is 0 Å². The number of carbonyl (C=O) groups excluding carboxylic acids is 2. The molecule has 2 aromatic rings. The molecule has 0 saturated heterocycles. The molecule has 1 heterocycles. The molecule has 8 nitrogen and oxygen atoms in total. The van der Waals surface area contributed by atoms with E-state index >= 15 is 0 Å². The van der Waals surface area contributed by atoms with Gasteiger partial charge in [-0.3, -0.25) is 19.7 Å². The number of amides is 2. The van der Waals surface area contributed by atoms with Crippen LogP contribution in [0.3, 0.4) is 0 Å². The normalized spacial score (nSPS) is 11.5. The van der Waals surface area contributed by atoms with Crippen molar-refractivity contribution < 1.29 is 19.2 Å². The van der Waals surface area contributed by atoms with Gasteiger partial charge in [0, 0.05) is 31.5 Å². The van der Waals surface area contributed by atoms with Gasteiger partial charge in [0.2, 0.25) is 0 Å². The molecule has 0 bridgehead atoms. The first-order valence-corrected chi connectivity index (χ1v) is 7.84. The van der Waals surface area contributed by atoms with Gasteiger partial charge < -0.3 is 15.4 Å². The molecule has 126 valence electrons. The summed E-state index contributed by atoms with van der Waals surface area (Å²) in [6.07, 6.45) is -0.340. The summed E-state index contributed by atoms with van der Waals surface area (Å²) in [5, 5.41) is 19.2. The summed E-state index contributed by atoms with van der Waals surface area (Å²) in [7, 11) is 1.52. The van der Waals surface area contributed by atoms with E-state index in [1.807, 2.05) is 16.8 Å². The molecule has 0 radical (unpaired) electrons. The Morgan fingerprint density at radius 2 is 1.96 bits per heavy atom. The third kappa shape index (κ3) is 4.61. The lowest BCUT2D eigenvalue weighted by Crippen LogP contribution is -2.37. The highest BCUT2D eigenvalue weighted by Crippen LogP contribution is 2.18. The lowest BCUT2D eigenvalue weighted by atomic mass is 10.2. The van der Waals surface area contributed by atoms with Crippen molar-refractivity contribution in [2.75, 3.05) is 19.0 Å². The average Bonchev–Trinajstić information content (AvgIpc) is 3.10. The second-order valence-corrected chi connectivity index (χ2v) is 5.53. The second-order valence-electron chi connectivity index (χ2n) is 4.75. The Bertz CT molecular complexity index is 715. The van der Waals surface area contributed by atoms with E-state index in [1.165, 1.54) is 42.7 Å². The fraction of sp³-hybridized carbons (Fsp3) is 0.200. The number of rotatable bonds is 6. The summed E-state index contributed by atoms with van der Waals surface area (Å²) in [6.45, 7) is 0.153. The van der Waals surface area contributed by atoms with Gasteiger partial charge >= 0.3 is 11.8 Å². The molecule has 2 N–H and O–H groups in total. The topological polar surface area (TPSA) is 111 Å². The Morgan fingerprint density at radius 1 is 1.25 bits per heavy atom. The molecule has 24 heavy (non-hydrogen) atoms. The number of thiophene rings is 1. The minimum Gasteiger partial charge on any atom is -0.375 e. The fourth-order valence-electron chi connectivity index (χ4n) is 1.92. The van der Waals surface area contributed by atoms with Gasteiger partial charge in [-0.2, -0.15) is 11.3 Å². The Labute approximate surface area is 141 Å². The minimum absolute atomic E-state index is 0.101. The zero-order chi connectivity index (χ0) is 17.5. The number of nitrogens with zero attached hydrogens (tertiary/aromatic N) is 1. The van der Waals surface area contributed by atoms with Crippen LogP contribution in [0.2, 0.25) is 0 Å². The van der Waals surface area contributed by atoms with Crippen LogP contribution in [0.25, 0.3) is 0 Å². The van der Waals surface area contributed by atoms with E-state index in [0.717, 1.165) is 5.56 Å². The third-order valence-corrected chi connectivity index (χ3v) is 3.89. The van der Waals surface area contributed by atoms with E-state index in [9.17, 15) is 19.7 Å². The first kappa shape index (κ1) is 17.6. The van der Waals surface area contributed by atoms with Gasteiger partial charge in [0.15, 0.2) is 0 Å². The van der Waals surface area contributed by atoms with Crippen molar-refractivity contribution in [1.29, 1.82) is 0 Å². The van der Waals surface area contributed by atoms with Crippen LogP contribution in [0.1, 0.15) is 11.7 Å². The molecule has 2 amide bonds. The second kappa shape index (κ2) is 8.18. The van der Waals surface area contributed by atoms with E-state index in [1.54, 1.807) is 0 Å². The SMILES string of the molecule is COC(CNC(=O)C(=O)Nc1ccc([N+](=O)[O-])cc1)c1ccsc1. The monoisotopic (exact) mass is 349 g/mol. The summed E-state index contributed by atoms with van der Waals surface area (Å²) in [5.41, 5.74) is 1.11. The van der Waals surface area contributed by atoms with Crippen molar-refractivity contribution >= 4 is 34.5 Å². The van der Waals surface area contributed by atoms with Crippen molar-refractivity contribution in [3.8, 4) is 0 Å². The molecule has 1 atom stereocenters. The Balaban J connectivity index is 1.87. The van der Waals surface area contributed by atoms with Crippen LogP contribution < -0.4 is 10.6 Å². The number of nitro benzene ring substituents is 1. The van der Waals surface area contributed by atoms with Crippen LogP contribution in [-0.4, -0.2) is 30.4 Å². The van der Waals surface area contributed by atoms with Crippen LogP contribution in [-0.2, 0) is 14.3 Å². The van der Waals surface area contributed by atoms with Crippen molar-refractivity contribution in [3.05, 3.63) is 56.8 Å². The number of benzene rings is 1. The predicted octanol–water partition coefficient (Wildman–Crippen LogP) is 2.10. The molecule has 1 unspecified atom stereocenters. The summed E-state index contributed by atoms with van der Waals surface area (Å²) < 4.78 is 5.28. The van der Waals surface area contributed by atoms with E-state index in [2.05, 4.69) is 10.6 Å². The van der Waals surface area contributed by atoms with E-state index in [0.29, 0.717) is 5.69 Å². The zero-order valence-corrected chi connectivity index (χ0v) is 13.5. The van der Waals surface area contributed by atoms with Gasteiger partial charge in [-0.25, -0.2) is 0 Å². The fourth-order valence-corrected chi connectivity index (χ4v) is 2.62. The lowest BCUT2D eigenvalue weighted by Gasteiger charge is -2.14. The molecular weight excluding hydrogens is 334 g/mol. The summed E-state index contributed by atoms with van der Waals surface area (Å²) in [4.78, 5) is 33.7. The summed E-state index contributed by atoms with van der Waals surface area (Å²) in [6, 6.07) is 7.07. The third-order valence-electron chi connectivity index (χ3n) is 3.19. The smallest absolute Gasteiger partial charge is 0.313 e. The molecule has 0 aliphatic carbocycles. The number of non-ortho nitro benzene ring substituents is 1. The molecule has 9 heteroatoms. The number of hydrogen-bond donors (Lipinski definition) is 2. The largest absolute Gasteiger partial charge is 0.375 e. The maximum absolute atomic E-state index is 11.8. The maximum Gasteiger partial charge on any atom is 0.313 e. The molecule has 0 spiro atoms. The van der Waals surface area contributed by atoms with Gasteiger partial charge in [-0.05, 0) is 34.5 Å². The number of methoxy groups -OCH3 is 1. The van der Waals surface area contributed by atoms with Crippen LogP contribution in [0.4, 0.5) is 11.4 Å². The van der Waals surface area contributed by atoms with Gasteiger partial charge in [0.25, 0.3) is 5.69 Å². The molecule has 0 aliphatic rings. The summed E-state index contributed by atoms with van der Waals surface area (Å²) >= 11 is 1.51. The average molecular weight is 349 g/mol. The lowest BCUT2D eigenvalue weighted by molar-refractivity contribution is -0.384. The molecule has 0 aliphatic heterocycles.